The van der Waals surface area contributed by atoms with E-state index >= 15 is 0 Å². The minimum atomic E-state index is -0.822. The summed E-state index contributed by atoms with van der Waals surface area (Å²) in [6.07, 6.45) is 14.1. The number of rotatable bonds is 16. The topological polar surface area (TPSA) is 23.4 Å². The van der Waals surface area contributed by atoms with Crippen molar-refractivity contribution in [1.82, 2.24) is 4.57 Å². The van der Waals surface area contributed by atoms with Gasteiger partial charge in [0.25, 0.3) is 0 Å². The maximum Gasteiger partial charge on any atom is 0.192 e. The Morgan fingerprint density at radius 1 is 0.735 bits per heavy atom. The average Bonchev–Trinajstić information content (AvgIpc) is 3.13. The molecule has 5 heteroatoms. The van der Waals surface area contributed by atoms with Gasteiger partial charge in [-0.05, 0) is 61.0 Å². The summed E-state index contributed by atoms with van der Waals surface area (Å²) in [7, 11) is 0.506. The zero-order valence-corrected chi connectivity index (χ0v) is 23.5. The molecule has 3 rings (SSSR count). The molecule has 0 N–H and O–H groups in total. The summed E-state index contributed by atoms with van der Waals surface area (Å²) in [6, 6.07) is 13.7. The molecule has 2 atom stereocenters. The lowest BCUT2D eigenvalue weighted by atomic mass is 10.1. The van der Waals surface area contributed by atoms with Gasteiger partial charge in [-0.15, -0.1) is 26.3 Å². The fourth-order valence-electron chi connectivity index (χ4n) is 4.44. The van der Waals surface area contributed by atoms with Crippen molar-refractivity contribution in [3.8, 4) is 0 Å². The molecule has 0 fully saturated rings. The lowest BCUT2D eigenvalue weighted by Crippen LogP contribution is -2.24. The Morgan fingerprint density at radius 2 is 1.18 bits per heavy atom. The first-order valence-electron chi connectivity index (χ1n) is 12.3. The molecule has 0 aliphatic rings. The normalized spacial score (nSPS) is 13.8. The van der Waals surface area contributed by atoms with Crippen LogP contribution in [0.4, 0.5) is 0 Å². The monoisotopic (exact) mass is 489 g/mol. The standard InChI is InChI=1S/C29H39NO2Si2/c1-6-10-14-22(12-8-3)31-33-24-16-18-28-26(20-24)27-21-25(17-19-29(27)30(28)5)34-32-23(13-9-4)15-11-7-2/h6-9,16-23H,1-4,10-15,33-34H2,5H3. The number of hydrogen-bond acceptors (Lipinski definition) is 2. The predicted octanol–water partition coefficient (Wildman–Crippen LogP) is 4.60. The van der Waals surface area contributed by atoms with Gasteiger partial charge in [-0.25, -0.2) is 0 Å². The van der Waals surface area contributed by atoms with Crippen molar-refractivity contribution in [2.75, 3.05) is 0 Å². The maximum atomic E-state index is 6.37. The van der Waals surface area contributed by atoms with Crippen LogP contribution in [0.15, 0.2) is 87.0 Å². The predicted molar refractivity (Wildman–Crippen MR) is 155 cm³/mol. The van der Waals surface area contributed by atoms with E-state index in [-0.39, 0.29) is 12.2 Å². The molecule has 2 aromatic carbocycles. The second-order valence-corrected chi connectivity index (χ2v) is 11.8. The Labute approximate surface area is 209 Å². The summed E-state index contributed by atoms with van der Waals surface area (Å²) in [5.74, 6) is 0. The molecule has 34 heavy (non-hydrogen) atoms. The van der Waals surface area contributed by atoms with Gasteiger partial charge in [0.15, 0.2) is 19.5 Å². The molecule has 2 unspecified atom stereocenters. The molecule has 0 aliphatic heterocycles. The number of hydrogen-bond donors (Lipinski definition) is 0. The second-order valence-electron chi connectivity index (χ2n) is 8.91. The number of fused-ring (bicyclic) bond motifs is 3. The zero-order chi connectivity index (χ0) is 24.3. The van der Waals surface area contributed by atoms with E-state index in [1.807, 2.05) is 24.3 Å². The van der Waals surface area contributed by atoms with E-state index in [0.717, 1.165) is 38.5 Å². The van der Waals surface area contributed by atoms with Crippen LogP contribution in [0.5, 0.6) is 0 Å². The molecule has 1 heterocycles. The van der Waals surface area contributed by atoms with Crippen LogP contribution in [-0.4, -0.2) is 36.3 Å². The van der Waals surface area contributed by atoms with Gasteiger partial charge in [-0.1, -0.05) is 48.6 Å². The minimum Gasteiger partial charge on any atom is -0.415 e. The number of aryl methyl sites for hydroxylation is 1. The number of nitrogens with zero attached hydrogens (tertiary/aromatic N) is 1. The number of aromatic nitrogens is 1. The van der Waals surface area contributed by atoms with Crippen molar-refractivity contribution in [3.05, 3.63) is 87.0 Å². The molecule has 0 saturated heterocycles. The van der Waals surface area contributed by atoms with Crippen molar-refractivity contribution in [2.24, 2.45) is 7.05 Å². The molecule has 0 spiro atoms. The van der Waals surface area contributed by atoms with E-state index in [9.17, 15) is 0 Å². The van der Waals surface area contributed by atoms with E-state index in [1.165, 1.54) is 32.2 Å². The van der Waals surface area contributed by atoms with Gasteiger partial charge >= 0.3 is 0 Å². The van der Waals surface area contributed by atoms with Crippen LogP contribution < -0.4 is 10.4 Å². The Hall–Kier alpha value is -2.45. The van der Waals surface area contributed by atoms with E-state index in [0.29, 0.717) is 0 Å². The van der Waals surface area contributed by atoms with E-state index in [4.69, 9.17) is 8.85 Å². The van der Waals surface area contributed by atoms with Crippen LogP contribution in [0, 0.1) is 0 Å². The largest absolute Gasteiger partial charge is 0.415 e. The van der Waals surface area contributed by atoms with Gasteiger partial charge in [0.05, 0.1) is 0 Å². The fraction of sp³-hybridized carbons (Fsp3) is 0.310. The molecule has 180 valence electrons. The van der Waals surface area contributed by atoms with Crippen molar-refractivity contribution >= 4 is 51.7 Å². The van der Waals surface area contributed by atoms with E-state index < -0.39 is 19.5 Å². The van der Waals surface area contributed by atoms with E-state index in [2.05, 4.69) is 74.3 Å². The van der Waals surface area contributed by atoms with Crippen molar-refractivity contribution in [2.45, 2.75) is 50.7 Å². The lowest BCUT2D eigenvalue weighted by molar-refractivity contribution is 0.209. The summed E-state index contributed by atoms with van der Waals surface area (Å²) in [5.41, 5.74) is 2.52. The van der Waals surface area contributed by atoms with Crippen LogP contribution in [0.3, 0.4) is 0 Å². The average molecular weight is 490 g/mol. The highest BCUT2D eigenvalue weighted by atomic mass is 28.2. The number of allylic oxidation sites excluding steroid dienone is 2. The molecule has 3 aromatic rings. The first kappa shape index (κ1) is 26.2. The summed E-state index contributed by atoms with van der Waals surface area (Å²) in [6.45, 7) is 15.5. The van der Waals surface area contributed by atoms with Crippen LogP contribution in [0.25, 0.3) is 21.8 Å². The SMILES string of the molecule is C=CCCC(CC=C)O[SiH2]c1ccc2c(c1)c1cc([SiH2]OC(CC=C)CCC=C)ccc1n2C. The molecule has 0 bridgehead atoms. The third kappa shape index (κ3) is 6.79. The fourth-order valence-corrected chi connectivity index (χ4v) is 6.90. The summed E-state index contributed by atoms with van der Waals surface area (Å²) >= 11 is 0. The zero-order valence-electron chi connectivity index (χ0n) is 20.7. The van der Waals surface area contributed by atoms with Crippen LogP contribution >= 0.6 is 0 Å². The van der Waals surface area contributed by atoms with Gasteiger partial charge in [0.2, 0.25) is 0 Å². The molecule has 1 aromatic heterocycles. The molecular weight excluding hydrogens is 450 g/mol. The Bertz CT molecular complexity index is 1050. The Balaban J connectivity index is 1.80. The van der Waals surface area contributed by atoms with Gasteiger partial charge in [-0.2, -0.15) is 0 Å². The van der Waals surface area contributed by atoms with Gasteiger partial charge in [-0.3, -0.25) is 0 Å². The van der Waals surface area contributed by atoms with Crippen LogP contribution in [0.2, 0.25) is 0 Å². The first-order chi connectivity index (χ1) is 16.6. The van der Waals surface area contributed by atoms with E-state index in [1.54, 1.807) is 0 Å². The summed E-state index contributed by atoms with van der Waals surface area (Å²) in [5, 5.41) is 5.29. The third-order valence-electron chi connectivity index (χ3n) is 6.35. The molecule has 0 aliphatic carbocycles. The molecule has 0 saturated carbocycles. The van der Waals surface area contributed by atoms with Gasteiger partial charge in [0.1, 0.15) is 0 Å². The Kier molecular flexibility index (Phi) is 10.3. The molecular formula is C29H39NO2Si2. The van der Waals surface area contributed by atoms with Gasteiger partial charge < -0.3 is 13.4 Å². The quantitative estimate of drug-likeness (QED) is 0.217. The highest BCUT2D eigenvalue weighted by Gasteiger charge is 2.13. The first-order valence-corrected chi connectivity index (χ1v) is 14.8. The minimum absolute atomic E-state index is 0.240. The van der Waals surface area contributed by atoms with Crippen LogP contribution in [0.1, 0.15) is 38.5 Å². The summed E-state index contributed by atoms with van der Waals surface area (Å²) in [4.78, 5) is 0. The Morgan fingerprint density at radius 3 is 1.56 bits per heavy atom. The highest BCUT2D eigenvalue weighted by molar-refractivity contribution is 6.48. The van der Waals surface area contributed by atoms with Gasteiger partial charge in [0, 0.05) is 41.1 Å². The number of benzene rings is 2. The van der Waals surface area contributed by atoms with Crippen molar-refractivity contribution < 1.29 is 8.85 Å². The van der Waals surface area contributed by atoms with Crippen molar-refractivity contribution in [1.29, 1.82) is 0 Å². The second kappa shape index (κ2) is 13.4. The lowest BCUT2D eigenvalue weighted by Gasteiger charge is -2.16. The van der Waals surface area contributed by atoms with Crippen LogP contribution in [-0.2, 0) is 15.9 Å². The molecule has 3 nitrogen and oxygen atoms in total. The highest BCUT2D eigenvalue weighted by Crippen LogP contribution is 2.26. The molecule has 0 radical (unpaired) electrons. The van der Waals surface area contributed by atoms with Crippen molar-refractivity contribution in [3.63, 3.8) is 0 Å². The smallest absolute Gasteiger partial charge is 0.192 e. The maximum absolute atomic E-state index is 6.37. The third-order valence-corrected chi connectivity index (χ3v) is 9.17. The molecule has 0 amide bonds. The summed E-state index contributed by atoms with van der Waals surface area (Å²) < 4.78 is 15.0.